The fraction of sp³-hybridized carbons (Fsp3) is 0.400. The summed E-state index contributed by atoms with van der Waals surface area (Å²) in [5.74, 6) is 2.76. The lowest BCUT2D eigenvalue weighted by atomic mass is 10.2. The molecule has 0 saturated heterocycles. The lowest BCUT2D eigenvalue weighted by Gasteiger charge is -2.19. The number of hydrogen-bond acceptors (Lipinski definition) is 4. The van der Waals surface area contributed by atoms with Crippen LogP contribution in [-0.4, -0.2) is 23.2 Å². The van der Waals surface area contributed by atoms with E-state index < -0.39 is 33.9 Å². The Balaban J connectivity index is 2.59. The van der Waals surface area contributed by atoms with Crippen molar-refractivity contribution in [2.24, 2.45) is 0 Å². The Labute approximate surface area is 132 Å². The van der Waals surface area contributed by atoms with E-state index in [1.54, 1.807) is 20.8 Å². The molecule has 0 aliphatic rings. The van der Waals surface area contributed by atoms with Gasteiger partial charge in [0.25, 0.3) is 0 Å². The van der Waals surface area contributed by atoms with Crippen LogP contribution in [0.25, 0.3) is 0 Å². The molecule has 0 unspecified atom stereocenters. The molecule has 0 fully saturated rings. The predicted molar refractivity (Wildman–Crippen MR) is 78.7 cm³/mol. The largest absolute Gasteiger partial charge is 0.444 e. The summed E-state index contributed by atoms with van der Waals surface area (Å²) in [6.07, 6.45) is -0.427. The normalized spacial score (nSPS) is 10.5. The van der Waals surface area contributed by atoms with Crippen LogP contribution in [0.3, 0.4) is 0 Å². The van der Waals surface area contributed by atoms with Crippen molar-refractivity contribution in [3.8, 4) is 11.8 Å². The minimum atomic E-state index is -1.16. The number of nitrogens with zero attached hydrogens (tertiary/aromatic N) is 1. The van der Waals surface area contributed by atoms with Crippen LogP contribution in [0.15, 0.2) is 12.1 Å². The van der Waals surface area contributed by atoms with E-state index in [1.807, 2.05) is 0 Å². The second kappa shape index (κ2) is 7.54. The van der Waals surface area contributed by atoms with Crippen LogP contribution in [0.5, 0.6) is 0 Å². The molecule has 23 heavy (non-hydrogen) atoms. The van der Waals surface area contributed by atoms with E-state index in [9.17, 15) is 23.7 Å². The zero-order chi connectivity index (χ0) is 17.6. The maximum Gasteiger partial charge on any atom is 0.407 e. The minimum absolute atomic E-state index is 0.166. The molecule has 0 heterocycles. The first kappa shape index (κ1) is 18.4. The van der Waals surface area contributed by atoms with Gasteiger partial charge in [0.2, 0.25) is 5.82 Å². The second-order valence-electron chi connectivity index (χ2n) is 5.52. The SMILES string of the molecule is CC(C)(C)OC(=O)NCCC#Cc1cc(F)c([N+](=O)[O-])cc1F. The maximum atomic E-state index is 13.6. The summed E-state index contributed by atoms with van der Waals surface area (Å²) in [6, 6.07) is 1.15. The first-order valence-corrected chi connectivity index (χ1v) is 6.69. The van der Waals surface area contributed by atoms with Gasteiger partial charge in [-0.05, 0) is 26.8 Å². The third-order valence-corrected chi connectivity index (χ3v) is 2.37. The molecule has 0 radical (unpaired) electrons. The highest BCUT2D eigenvalue weighted by atomic mass is 19.1. The number of rotatable bonds is 3. The first-order valence-electron chi connectivity index (χ1n) is 6.69. The monoisotopic (exact) mass is 326 g/mol. The van der Waals surface area contributed by atoms with E-state index in [-0.39, 0.29) is 18.5 Å². The molecular weight excluding hydrogens is 310 g/mol. The lowest BCUT2D eigenvalue weighted by Crippen LogP contribution is -2.32. The number of halogens is 2. The number of nitrogens with one attached hydrogen (secondary N) is 1. The molecule has 0 aromatic heterocycles. The predicted octanol–water partition coefficient (Wildman–Crippen LogP) is 3.14. The summed E-state index contributed by atoms with van der Waals surface area (Å²) in [5.41, 5.74) is -1.85. The van der Waals surface area contributed by atoms with E-state index in [2.05, 4.69) is 17.2 Å². The van der Waals surface area contributed by atoms with Gasteiger partial charge in [0, 0.05) is 13.0 Å². The molecule has 8 heteroatoms. The van der Waals surface area contributed by atoms with Gasteiger partial charge in [0.05, 0.1) is 16.6 Å². The van der Waals surface area contributed by atoms with Gasteiger partial charge in [-0.1, -0.05) is 11.8 Å². The molecule has 0 saturated carbocycles. The highest BCUT2D eigenvalue weighted by molar-refractivity contribution is 5.67. The van der Waals surface area contributed by atoms with Gasteiger partial charge in [-0.15, -0.1) is 0 Å². The number of benzene rings is 1. The van der Waals surface area contributed by atoms with Crippen LogP contribution in [0.2, 0.25) is 0 Å². The number of carbonyl (C=O) groups is 1. The van der Waals surface area contributed by atoms with Crippen molar-refractivity contribution in [2.75, 3.05) is 6.54 Å². The smallest absolute Gasteiger partial charge is 0.407 e. The van der Waals surface area contributed by atoms with Gasteiger partial charge < -0.3 is 10.1 Å². The average molecular weight is 326 g/mol. The number of amides is 1. The zero-order valence-corrected chi connectivity index (χ0v) is 12.9. The van der Waals surface area contributed by atoms with Gasteiger partial charge >= 0.3 is 11.8 Å². The molecule has 0 bridgehead atoms. The zero-order valence-electron chi connectivity index (χ0n) is 12.9. The Morgan fingerprint density at radius 2 is 2.00 bits per heavy atom. The molecule has 1 aromatic carbocycles. The van der Waals surface area contributed by atoms with Crippen LogP contribution in [-0.2, 0) is 4.74 Å². The summed E-state index contributed by atoms with van der Waals surface area (Å²) >= 11 is 0. The summed E-state index contributed by atoms with van der Waals surface area (Å²) < 4.78 is 31.9. The number of alkyl carbamates (subject to hydrolysis) is 1. The Morgan fingerprint density at radius 1 is 1.35 bits per heavy atom. The third kappa shape index (κ3) is 6.30. The van der Waals surface area contributed by atoms with Gasteiger partial charge in [-0.3, -0.25) is 10.1 Å². The van der Waals surface area contributed by atoms with E-state index >= 15 is 0 Å². The Morgan fingerprint density at radius 3 is 2.57 bits per heavy atom. The van der Waals surface area contributed by atoms with Crippen molar-refractivity contribution in [2.45, 2.75) is 32.8 Å². The van der Waals surface area contributed by atoms with Crippen molar-refractivity contribution in [1.29, 1.82) is 0 Å². The van der Waals surface area contributed by atoms with E-state index in [4.69, 9.17) is 4.74 Å². The van der Waals surface area contributed by atoms with Gasteiger partial charge in [-0.2, -0.15) is 4.39 Å². The molecule has 1 rings (SSSR count). The summed E-state index contributed by atoms with van der Waals surface area (Å²) in [6.45, 7) is 5.33. The summed E-state index contributed by atoms with van der Waals surface area (Å²) in [7, 11) is 0. The maximum absolute atomic E-state index is 13.6. The highest BCUT2D eigenvalue weighted by Crippen LogP contribution is 2.20. The highest BCUT2D eigenvalue weighted by Gasteiger charge is 2.17. The van der Waals surface area contributed by atoms with Crippen LogP contribution < -0.4 is 5.32 Å². The van der Waals surface area contributed by atoms with Gasteiger partial charge in [0.1, 0.15) is 11.4 Å². The van der Waals surface area contributed by atoms with Crippen LogP contribution in [0, 0.1) is 33.6 Å². The van der Waals surface area contributed by atoms with Crippen LogP contribution in [0.4, 0.5) is 19.3 Å². The Kier molecular flexibility index (Phi) is 6.02. The van der Waals surface area contributed by atoms with Gasteiger partial charge in [0.15, 0.2) is 0 Å². The van der Waals surface area contributed by atoms with Crippen molar-refractivity contribution >= 4 is 11.8 Å². The van der Waals surface area contributed by atoms with Crippen molar-refractivity contribution in [3.63, 3.8) is 0 Å². The fourth-order valence-electron chi connectivity index (χ4n) is 1.47. The molecule has 0 aliphatic carbocycles. The fourth-order valence-corrected chi connectivity index (χ4v) is 1.47. The summed E-state index contributed by atoms with van der Waals surface area (Å²) in [5, 5.41) is 12.9. The molecule has 1 N–H and O–H groups in total. The number of nitro groups is 1. The van der Waals surface area contributed by atoms with Crippen molar-refractivity contribution < 1.29 is 23.2 Å². The van der Waals surface area contributed by atoms with E-state index in [0.717, 1.165) is 0 Å². The Bertz CT molecular complexity index is 673. The molecule has 124 valence electrons. The van der Waals surface area contributed by atoms with Crippen molar-refractivity contribution in [3.05, 3.63) is 39.4 Å². The average Bonchev–Trinajstić information content (AvgIpc) is 2.39. The molecule has 1 amide bonds. The van der Waals surface area contributed by atoms with Crippen LogP contribution >= 0.6 is 0 Å². The standard InChI is InChI=1S/C15H16F2N2O4/c1-15(2,3)23-14(20)18-7-5-4-6-10-8-12(17)13(19(21)22)9-11(10)16/h8-9H,5,7H2,1-3H3,(H,18,20). The summed E-state index contributed by atoms with van der Waals surface area (Å²) in [4.78, 5) is 20.8. The molecule has 0 aliphatic heterocycles. The number of nitro benzene ring substituents is 1. The second-order valence-corrected chi connectivity index (χ2v) is 5.52. The van der Waals surface area contributed by atoms with E-state index in [1.165, 1.54) is 0 Å². The molecule has 0 atom stereocenters. The lowest BCUT2D eigenvalue weighted by molar-refractivity contribution is -0.387. The van der Waals surface area contributed by atoms with E-state index in [0.29, 0.717) is 12.1 Å². The minimum Gasteiger partial charge on any atom is -0.444 e. The number of carbonyl (C=O) groups excluding carboxylic acids is 1. The number of ether oxygens (including phenoxy) is 1. The molecule has 1 aromatic rings. The van der Waals surface area contributed by atoms with Crippen molar-refractivity contribution in [1.82, 2.24) is 5.32 Å². The van der Waals surface area contributed by atoms with Crippen LogP contribution in [0.1, 0.15) is 32.8 Å². The third-order valence-electron chi connectivity index (χ3n) is 2.37. The molecule has 6 nitrogen and oxygen atoms in total. The molecular formula is C15H16F2N2O4. The Hall–Kier alpha value is -2.69. The topological polar surface area (TPSA) is 81.5 Å². The quantitative estimate of drug-likeness (QED) is 0.400. The van der Waals surface area contributed by atoms with Gasteiger partial charge in [-0.25, -0.2) is 9.18 Å². The number of hydrogen-bond donors (Lipinski definition) is 1. The first-order chi connectivity index (χ1) is 10.6. The molecule has 0 spiro atoms.